The minimum absolute atomic E-state index is 0.0305. The third kappa shape index (κ3) is 5.08. The van der Waals surface area contributed by atoms with Crippen LogP contribution in [0.25, 0.3) is 0 Å². The molecule has 3 fully saturated rings. The minimum Gasteiger partial charge on any atom is -0.495 e. The number of nitrogens with one attached hydrogen (secondary N) is 2. The number of ether oxygens (including phenoxy) is 1. The van der Waals surface area contributed by atoms with Gasteiger partial charge >= 0.3 is 6.03 Å². The van der Waals surface area contributed by atoms with E-state index in [1.807, 2.05) is 0 Å². The molecule has 0 unspecified atom stereocenters. The zero-order chi connectivity index (χ0) is 26.3. The van der Waals surface area contributed by atoms with Crippen molar-refractivity contribution in [2.75, 3.05) is 32.1 Å². The summed E-state index contributed by atoms with van der Waals surface area (Å²) in [5.41, 5.74) is -0.863. The maximum Gasteiger partial charge on any atom is 0.325 e. The summed E-state index contributed by atoms with van der Waals surface area (Å²) < 4.78 is 33.2. The van der Waals surface area contributed by atoms with E-state index in [-0.39, 0.29) is 33.6 Å². The first-order valence-corrected chi connectivity index (χ1v) is 13.9. The van der Waals surface area contributed by atoms with Gasteiger partial charge in [-0.25, -0.2) is 13.2 Å². The van der Waals surface area contributed by atoms with Crippen LogP contribution in [-0.4, -0.2) is 67.8 Å². The van der Waals surface area contributed by atoms with Gasteiger partial charge in [-0.2, -0.15) is 4.31 Å². The molecule has 4 amide bonds. The molecule has 1 saturated carbocycles. The first-order chi connectivity index (χ1) is 16.9. The van der Waals surface area contributed by atoms with Crippen molar-refractivity contribution in [2.45, 2.75) is 69.7 Å². The number of sulfonamides is 1. The molecule has 11 heteroatoms. The molecular weight excluding hydrogens is 484 g/mol. The average molecular weight is 521 g/mol. The van der Waals surface area contributed by atoms with E-state index < -0.39 is 34.0 Å². The number of hydrogen-bond donors (Lipinski definition) is 2. The largest absolute Gasteiger partial charge is 0.495 e. The molecule has 1 spiro atoms. The maximum atomic E-state index is 13.3. The number of anilines is 1. The van der Waals surface area contributed by atoms with Crippen molar-refractivity contribution < 1.29 is 27.5 Å². The van der Waals surface area contributed by atoms with Gasteiger partial charge in [-0.05, 0) is 61.6 Å². The molecule has 1 aliphatic carbocycles. The SMILES string of the molecule is COc1ccc(NC(=O)CN2C(=O)N[C@@]3(C[C@H](C)CC(C)(C)C3)C2=O)cc1S(=O)(=O)N1CCCCC1. The predicted octanol–water partition coefficient (Wildman–Crippen LogP) is 2.95. The van der Waals surface area contributed by atoms with Crippen molar-refractivity contribution in [1.29, 1.82) is 0 Å². The Labute approximate surface area is 212 Å². The van der Waals surface area contributed by atoms with Crippen LogP contribution in [0.15, 0.2) is 23.1 Å². The summed E-state index contributed by atoms with van der Waals surface area (Å²) in [6.45, 7) is 6.64. The molecule has 2 saturated heterocycles. The van der Waals surface area contributed by atoms with Crippen LogP contribution >= 0.6 is 0 Å². The highest BCUT2D eigenvalue weighted by atomic mass is 32.2. The summed E-state index contributed by atoms with van der Waals surface area (Å²) in [7, 11) is -2.42. The fourth-order valence-corrected chi connectivity index (χ4v) is 7.89. The van der Waals surface area contributed by atoms with E-state index in [2.05, 4.69) is 31.4 Å². The van der Waals surface area contributed by atoms with Gasteiger partial charge < -0.3 is 15.4 Å². The van der Waals surface area contributed by atoms with Gasteiger partial charge in [0.1, 0.15) is 22.7 Å². The normalized spacial score (nSPS) is 26.7. The predicted molar refractivity (Wildman–Crippen MR) is 134 cm³/mol. The molecule has 3 aliphatic rings. The van der Waals surface area contributed by atoms with Crippen LogP contribution in [0, 0.1) is 11.3 Å². The summed E-state index contributed by atoms with van der Waals surface area (Å²) in [4.78, 5) is 39.8. The highest BCUT2D eigenvalue weighted by Crippen LogP contribution is 2.46. The summed E-state index contributed by atoms with van der Waals surface area (Å²) >= 11 is 0. The summed E-state index contributed by atoms with van der Waals surface area (Å²) in [5, 5.41) is 5.50. The van der Waals surface area contributed by atoms with Crippen LogP contribution in [0.4, 0.5) is 10.5 Å². The third-order valence-corrected chi connectivity index (χ3v) is 9.23. The van der Waals surface area contributed by atoms with Crippen molar-refractivity contribution in [3.63, 3.8) is 0 Å². The quantitative estimate of drug-likeness (QED) is 0.556. The number of imide groups is 1. The monoisotopic (exact) mass is 520 g/mol. The van der Waals surface area contributed by atoms with Gasteiger partial charge in [0.2, 0.25) is 15.9 Å². The van der Waals surface area contributed by atoms with Crippen LogP contribution in [0.5, 0.6) is 5.75 Å². The third-order valence-electron chi connectivity index (χ3n) is 7.31. The molecule has 0 aromatic heterocycles. The van der Waals surface area contributed by atoms with E-state index in [0.717, 1.165) is 30.6 Å². The lowest BCUT2D eigenvalue weighted by Gasteiger charge is -2.43. The zero-order valence-corrected chi connectivity index (χ0v) is 22.2. The maximum absolute atomic E-state index is 13.3. The number of nitrogens with zero attached hydrogens (tertiary/aromatic N) is 2. The number of hydrogen-bond acceptors (Lipinski definition) is 6. The second-order valence-corrected chi connectivity index (χ2v) is 13.0. The molecule has 198 valence electrons. The Morgan fingerprint density at radius 3 is 2.50 bits per heavy atom. The van der Waals surface area contributed by atoms with Crippen molar-refractivity contribution in [3.05, 3.63) is 18.2 Å². The number of urea groups is 1. The molecule has 10 nitrogen and oxygen atoms in total. The highest BCUT2D eigenvalue weighted by Gasteiger charge is 2.56. The van der Waals surface area contributed by atoms with E-state index in [0.29, 0.717) is 25.9 Å². The van der Waals surface area contributed by atoms with Gasteiger partial charge in [0, 0.05) is 18.8 Å². The minimum atomic E-state index is -3.81. The lowest BCUT2D eigenvalue weighted by Crippen LogP contribution is -2.54. The first-order valence-electron chi connectivity index (χ1n) is 12.5. The number of carbonyl (C=O) groups excluding carboxylic acids is 3. The first kappa shape index (κ1) is 26.4. The zero-order valence-electron chi connectivity index (χ0n) is 21.4. The van der Waals surface area contributed by atoms with E-state index in [1.165, 1.54) is 29.6 Å². The lowest BCUT2D eigenvalue weighted by molar-refractivity contribution is -0.136. The number of methoxy groups -OCH3 is 1. The smallest absolute Gasteiger partial charge is 0.325 e. The number of amides is 4. The van der Waals surface area contributed by atoms with E-state index in [9.17, 15) is 22.8 Å². The molecule has 2 atom stereocenters. The molecule has 1 aromatic carbocycles. The van der Waals surface area contributed by atoms with Gasteiger partial charge in [0.15, 0.2) is 0 Å². The second kappa shape index (κ2) is 9.66. The molecule has 2 aliphatic heterocycles. The van der Waals surface area contributed by atoms with Crippen molar-refractivity contribution in [2.24, 2.45) is 11.3 Å². The topological polar surface area (TPSA) is 125 Å². The average Bonchev–Trinajstić information content (AvgIpc) is 3.01. The van der Waals surface area contributed by atoms with Crippen LogP contribution in [0.2, 0.25) is 0 Å². The van der Waals surface area contributed by atoms with Crippen LogP contribution in [0.1, 0.15) is 59.3 Å². The Morgan fingerprint density at radius 2 is 1.86 bits per heavy atom. The van der Waals surface area contributed by atoms with Gasteiger partial charge in [-0.1, -0.05) is 27.2 Å². The van der Waals surface area contributed by atoms with E-state index in [1.54, 1.807) is 0 Å². The second-order valence-electron chi connectivity index (χ2n) is 11.1. The van der Waals surface area contributed by atoms with Gasteiger partial charge in [-0.3, -0.25) is 14.5 Å². The van der Waals surface area contributed by atoms with Gasteiger partial charge in [0.05, 0.1) is 7.11 Å². The molecule has 36 heavy (non-hydrogen) atoms. The highest BCUT2D eigenvalue weighted by molar-refractivity contribution is 7.89. The van der Waals surface area contributed by atoms with E-state index in [4.69, 9.17) is 4.74 Å². The Morgan fingerprint density at radius 1 is 1.17 bits per heavy atom. The Bertz CT molecular complexity index is 1160. The fourth-order valence-electron chi connectivity index (χ4n) is 6.19. The Kier molecular flexibility index (Phi) is 7.09. The van der Waals surface area contributed by atoms with Crippen LogP contribution in [0.3, 0.4) is 0 Å². The number of carbonyl (C=O) groups is 3. The van der Waals surface area contributed by atoms with Gasteiger partial charge in [-0.15, -0.1) is 0 Å². The number of piperidine rings is 1. The lowest BCUT2D eigenvalue weighted by atomic mass is 9.64. The molecule has 1 aromatic rings. The van der Waals surface area contributed by atoms with Crippen molar-refractivity contribution >= 4 is 33.6 Å². The molecule has 0 radical (unpaired) electrons. The van der Waals surface area contributed by atoms with Crippen molar-refractivity contribution in [3.8, 4) is 5.75 Å². The Hall–Kier alpha value is -2.66. The van der Waals surface area contributed by atoms with E-state index >= 15 is 0 Å². The molecule has 4 rings (SSSR count). The molecular formula is C25H36N4O6S. The molecule has 2 heterocycles. The van der Waals surface area contributed by atoms with Crippen LogP contribution < -0.4 is 15.4 Å². The Balaban J connectivity index is 1.50. The number of benzene rings is 1. The molecule has 2 N–H and O–H groups in total. The van der Waals surface area contributed by atoms with Crippen LogP contribution in [-0.2, 0) is 19.6 Å². The standard InChI is InChI=1S/C25H36N4O6S/c1-17-13-24(2,3)16-25(14-17)22(31)29(23(32)27-25)15-21(30)26-18-8-9-19(35-4)20(12-18)36(33,34)28-10-6-5-7-11-28/h8-9,12,17H,5-7,10-11,13-16H2,1-4H3,(H,26,30)(H,27,32)/t17-,25-/m1/s1. The number of rotatable bonds is 6. The fraction of sp³-hybridized carbons (Fsp3) is 0.640. The summed E-state index contributed by atoms with van der Waals surface area (Å²) in [6.07, 6.45) is 4.58. The molecule has 0 bridgehead atoms. The summed E-state index contributed by atoms with van der Waals surface area (Å²) in [5.74, 6) is -0.537. The van der Waals surface area contributed by atoms with Crippen molar-refractivity contribution in [1.82, 2.24) is 14.5 Å². The summed E-state index contributed by atoms with van der Waals surface area (Å²) in [6, 6.07) is 3.80. The van der Waals surface area contributed by atoms with Gasteiger partial charge in [0.25, 0.3) is 5.91 Å².